The van der Waals surface area contributed by atoms with Gasteiger partial charge in [0.25, 0.3) is 0 Å². The lowest BCUT2D eigenvalue weighted by Crippen LogP contribution is -1.93. The van der Waals surface area contributed by atoms with Crippen molar-refractivity contribution in [3.8, 4) is 0 Å². The molecule has 0 heterocycles. The van der Waals surface area contributed by atoms with Gasteiger partial charge in [-0.05, 0) is 13.8 Å². The molecular formula is C8H11FO4. The zero-order valence-electron chi connectivity index (χ0n) is 7.37. The van der Waals surface area contributed by atoms with Crippen molar-refractivity contribution in [1.82, 2.24) is 0 Å². The molecule has 0 aliphatic rings. The number of hydrogen-bond donors (Lipinski definition) is 2. The molecule has 0 unspecified atom stereocenters. The Hall–Kier alpha value is -1.65. The van der Waals surface area contributed by atoms with Crippen molar-refractivity contribution < 1.29 is 24.2 Å². The maximum absolute atomic E-state index is 11.0. The highest BCUT2D eigenvalue weighted by Gasteiger charge is 1.96. The average molecular weight is 190 g/mol. The molecule has 0 aliphatic heterocycles. The van der Waals surface area contributed by atoms with Crippen LogP contribution in [0.15, 0.2) is 24.1 Å². The number of carboxylic acid groups (broad SMARTS) is 2. The lowest BCUT2D eigenvalue weighted by atomic mass is 10.3. The van der Waals surface area contributed by atoms with Crippen LogP contribution in [0.1, 0.15) is 13.8 Å². The van der Waals surface area contributed by atoms with E-state index in [2.05, 4.69) is 6.58 Å². The third-order valence-electron chi connectivity index (χ3n) is 1.00. The summed E-state index contributed by atoms with van der Waals surface area (Å²) in [6, 6.07) is 0. The molecule has 0 aromatic carbocycles. The predicted molar refractivity (Wildman–Crippen MR) is 45.0 cm³/mol. The van der Waals surface area contributed by atoms with Crippen molar-refractivity contribution in [2.45, 2.75) is 13.8 Å². The van der Waals surface area contributed by atoms with E-state index >= 15 is 0 Å². The first-order valence-electron chi connectivity index (χ1n) is 3.26. The van der Waals surface area contributed by atoms with Gasteiger partial charge in [-0.15, -0.1) is 0 Å². The fourth-order valence-corrected chi connectivity index (χ4v) is 0.123. The zero-order chi connectivity index (χ0) is 11.0. The second-order valence-corrected chi connectivity index (χ2v) is 1.99. The van der Waals surface area contributed by atoms with Crippen molar-refractivity contribution in [1.29, 1.82) is 0 Å². The second kappa shape index (κ2) is 7.02. The van der Waals surface area contributed by atoms with E-state index in [9.17, 15) is 14.0 Å². The number of halogens is 1. The van der Waals surface area contributed by atoms with Gasteiger partial charge in [-0.3, -0.25) is 0 Å². The van der Waals surface area contributed by atoms with E-state index in [-0.39, 0.29) is 0 Å². The van der Waals surface area contributed by atoms with E-state index in [1.807, 2.05) is 0 Å². The van der Waals surface area contributed by atoms with Crippen LogP contribution in [0.25, 0.3) is 0 Å². The van der Waals surface area contributed by atoms with Gasteiger partial charge in [0.1, 0.15) is 0 Å². The molecule has 74 valence electrons. The minimum absolute atomic E-state index is 0.389. The highest BCUT2D eigenvalue weighted by atomic mass is 19.1. The Balaban J connectivity index is 0. The Kier molecular flexibility index (Phi) is 7.51. The molecule has 0 aliphatic carbocycles. The largest absolute Gasteiger partial charge is 0.478 e. The average Bonchev–Trinajstić information content (AvgIpc) is 2.03. The summed E-state index contributed by atoms with van der Waals surface area (Å²) < 4.78 is 11.0. The molecule has 0 radical (unpaired) electrons. The Bertz CT molecular complexity index is 231. The molecule has 0 atom stereocenters. The summed E-state index contributed by atoms with van der Waals surface area (Å²) in [5.41, 5.74) is 0.389. The van der Waals surface area contributed by atoms with Crippen molar-refractivity contribution in [2.75, 3.05) is 0 Å². The molecular weight excluding hydrogens is 179 g/mol. The molecule has 0 spiro atoms. The van der Waals surface area contributed by atoms with Gasteiger partial charge in [-0.25, -0.2) is 9.59 Å². The van der Waals surface area contributed by atoms with Crippen LogP contribution in [0.5, 0.6) is 0 Å². The highest BCUT2D eigenvalue weighted by Crippen LogP contribution is 1.87. The first-order chi connectivity index (χ1) is 5.82. The molecule has 0 aromatic rings. The standard InChI is InChI=1S/C5H8O2.C3H3FO2/c1-3-4(2)5(6)7;1-2(4)3(5)6/h3H,1-2H3,(H,6,7);1H2,(H,5,6)/b4-3+;. The first-order valence-corrected chi connectivity index (χ1v) is 3.26. The lowest BCUT2D eigenvalue weighted by molar-refractivity contribution is -0.134. The van der Waals surface area contributed by atoms with E-state index < -0.39 is 17.8 Å². The van der Waals surface area contributed by atoms with Gasteiger partial charge >= 0.3 is 11.9 Å². The number of hydrogen-bond acceptors (Lipinski definition) is 2. The smallest absolute Gasteiger partial charge is 0.364 e. The first kappa shape index (κ1) is 13.9. The second-order valence-electron chi connectivity index (χ2n) is 1.99. The molecule has 0 saturated heterocycles. The predicted octanol–water partition coefficient (Wildman–Crippen LogP) is 1.59. The molecule has 2 N–H and O–H groups in total. The fourth-order valence-electron chi connectivity index (χ4n) is 0.123. The molecule has 0 saturated carbocycles. The van der Waals surface area contributed by atoms with Crippen LogP contribution in [0.3, 0.4) is 0 Å². The Morgan fingerprint density at radius 2 is 1.62 bits per heavy atom. The van der Waals surface area contributed by atoms with Crippen LogP contribution < -0.4 is 0 Å². The molecule has 13 heavy (non-hydrogen) atoms. The third-order valence-corrected chi connectivity index (χ3v) is 1.00. The minimum Gasteiger partial charge on any atom is -0.478 e. The monoisotopic (exact) mass is 190 g/mol. The summed E-state index contributed by atoms with van der Waals surface area (Å²) in [5.74, 6) is -3.77. The van der Waals surface area contributed by atoms with Crippen molar-refractivity contribution in [2.24, 2.45) is 0 Å². The number of allylic oxidation sites excluding steroid dienone is 1. The van der Waals surface area contributed by atoms with E-state index in [0.717, 1.165) is 0 Å². The van der Waals surface area contributed by atoms with Gasteiger partial charge in [0.15, 0.2) is 0 Å². The number of carboxylic acids is 2. The van der Waals surface area contributed by atoms with Crippen LogP contribution in [-0.4, -0.2) is 22.2 Å². The van der Waals surface area contributed by atoms with Crippen LogP contribution in [0.4, 0.5) is 4.39 Å². The van der Waals surface area contributed by atoms with Gasteiger partial charge in [-0.2, -0.15) is 4.39 Å². The zero-order valence-corrected chi connectivity index (χ0v) is 7.37. The third kappa shape index (κ3) is 10.4. The van der Waals surface area contributed by atoms with Crippen molar-refractivity contribution in [3.05, 3.63) is 24.1 Å². The van der Waals surface area contributed by atoms with Crippen LogP contribution in [0, 0.1) is 0 Å². The molecule has 0 amide bonds. The summed E-state index contributed by atoms with van der Waals surface area (Å²) in [4.78, 5) is 19.1. The maximum Gasteiger partial charge on any atom is 0.364 e. The topological polar surface area (TPSA) is 74.6 Å². The van der Waals surface area contributed by atoms with Gasteiger partial charge in [-0.1, -0.05) is 12.7 Å². The van der Waals surface area contributed by atoms with E-state index in [0.29, 0.717) is 5.57 Å². The van der Waals surface area contributed by atoms with Crippen LogP contribution in [-0.2, 0) is 9.59 Å². The molecule has 0 aromatic heterocycles. The van der Waals surface area contributed by atoms with E-state index in [4.69, 9.17) is 10.2 Å². The molecule has 5 heteroatoms. The van der Waals surface area contributed by atoms with Gasteiger partial charge in [0.2, 0.25) is 5.83 Å². The normalized spacial score (nSPS) is 9.62. The van der Waals surface area contributed by atoms with E-state index in [1.165, 1.54) is 0 Å². The number of carbonyl (C=O) groups is 2. The summed E-state index contributed by atoms with van der Waals surface area (Å²) in [5, 5.41) is 15.6. The van der Waals surface area contributed by atoms with Crippen molar-refractivity contribution >= 4 is 11.9 Å². The van der Waals surface area contributed by atoms with Crippen molar-refractivity contribution in [3.63, 3.8) is 0 Å². The summed E-state index contributed by atoms with van der Waals surface area (Å²) >= 11 is 0. The maximum atomic E-state index is 11.0. The summed E-state index contributed by atoms with van der Waals surface area (Å²) in [7, 11) is 0. The SMILES string of the molecule is C/C=C(\C)C(=O)O.C=C(F)C(=O)O. The number of rotatable bonds is 2. The lowest BCUT2D eigenvalue weighted by Gasteiger charge is -1.84. The van der Waals surface area contributed by atoms with Gasteiger partial charge in [0.05, 0.1) is 0 Å². The Morgan fingerprint density at radius 3 is 1.62 bits per heavy atom. The van der Waals surface area contributed by atoms with Crippen LogP contribution >= 0.6 is 0 Å². The van der Waals surface area contributed by atoms with E-state index in [1.54, 1.807) is 19.9 Å². The fraction of sp³-hybridized carbons (Fsp3) is 0.250. The summed E-state index contributed by atoms with van der Waals surface area (Å²) in [6.07, 6.45) is 1.56. The molecule has 0 bridgehead atoms. The highest BCUT2D eigenvalue weighted by molar-refractivity contribution is 5.85. The minimum atomic E-state index is -1.60. The molecule has 0 rings (SSSR count). The quantitative estimate of drug-likeness (QED) is 0.648. The molecule has 0 fully saturated rings. The van der Waals surface area contributed by atoms with Gasteiger partial charge in [0, 0.05) is 5.57 Å². The molecule has 4 nitrogen and oxygen atoms in total. The Morgan fingerprint density at radius 1 is 1.31 bits per heavy atom. The van der Waals surface area contributed by atoms with Crippen LogP contribution in [0.2, 0.25) is 0 Å². The Labute approximate surface area is 75.0 Å². The van der Waals surface area contributed by atoms with Gasteiger partial charge < -0.3 is 10.2 Å². The summed E-state index contributed by atoms with van der Waals surface area (Å²) in [6.45, 7) is 5.74. The number of aliphatic carboxylic acids is 2.